The summed E-state index contributed by atoms with van der Waals surface area (Å²) >= 11 is 0. The van der Waals surface area contributed by atoms with Crippen molar-refractivity contribution < 1.29 is 4.79 Å². The molecule has 0 unspecified atom stereocenters. The summed E-state index contributed by atoms with van der Waals surface area (Å²) in [5.74, 6) is 0.130. The van der Waals surface area contributed by atoms with Crippen molar-refractivity contribution in [3.63, 3.8) is 0 Å². The molecule has 0 aromatic heterocycles. The van der Waals surface area contributed by atoms with E-state index in [9.17, 15) is 10.1 Å². The molecule has 0 aliphatic heterocycles. The minimum absolute atomic E-state index is 0.376. The molecule has 0 radical (unpaired) electrons. The maximum absolute atomic E-state index is 12.4. The number of carbonyl (C=O) groups excluding carboxylic acids is 1. The largest absolute Gasteiger partial charge is 0.329 e. The Kier molecular flexibility index (Phi) is 6.44. The third kappa shape index (κ3) is 4.86. The first-order valence-electron chi connectivity index (χ1n) is 9.71. The van der Waals surface area contributed by atoms with E-state index in [2.05, 4.69) is 6.58 Å². The maximum atomic E-state index is 12.4. The van der Waals surface area contributed by atoms with Gasteiger partial charge in [0, 0.05) is 5.56 Å². The van der Waals surface area contributed by atoms with Crippen molar-refractivity contribution in [1.29, 1.82) is 5.26 Å². The molecule has 0 spiro atoms. The Morgan fingerprint density at radius 2 is 1.70 bits per heavy atom. The van der Waals surface area contributed by atoms with Gasteiger partial charge in [0.15, 0.2) is 6.07 Å². The van der Waals surface area contributed by atoms with Gasteiger partial charge in [-0.2, -0.15) is 5.26 Å². The smallest absolute Gasteiger partial charge is 0.295 e. The lowest BCUT2D eigenvalue weighted by Gasteiger charge is -2.26. The van der Waals surface area contributed by atoms with Gasteiger partial charge < -0.3 is 0 Å². The first-order chi connectivity index (χ1) is 13.2. The third-order valence-corrected chi connectivity index (χ3v) is 5.36. The molecule has 27 heavy (non-hydrogen) atoms. The van der Waals surface area contributed by atoms with Gasteiger partial charge in [-0.05, 0) is 29.5 Å². The van der Waals surface area contributed by atoms with Crippen LogP contribution in [0.2, 0.25) is 0 Å². The Hall–Kier alpha value is -2.86. The number of allylic oxidation sites excluding steroid dienone is 1. The molecule has 0 N–H and O–H groups in total. The summed E-state index contributed by atoms with van der Waals surface area (Å²) < 4.78 is 0. The Bertz CT molecular complexity index is 829. The van der Waals surface area contributed by atoms with Gasteiger partial charge in [-0.15, -0.1) is 0 Å². The normalized spacial score (nSPS) is 14.3. The lowest BCUT2D eigenvalue weighted by Crippen LogP contribution is -2.29. The fraction of sp³-hybridized carbons (Fsp3) is 0.333. The Balaban J connectivity index is 1.87. The standard InChI is InChI=1S/C24H26N2O/c1-19(16-20-10-4-2-5-11-20)22-14-8-9-15-23(22)26(24(27)17-25)18-21-12-6-3-7-13-21/h3,6-9,12-15,20H,1-2,4-5,10-11,16,18H2. The molecule has 1 saturated carbocycles. The predicted molar refractivity (Wildman–Crippen MR) is 110 cm³/mol. The maximum Gasteiger partial charge on any atom is 0.329 e. The Morgan fingerprint density at radius 1 is 1.04 bits per heavy atom. The predicted octanol–water partition coefficient (Wildman–Crippen LogP) is 5.73. The van der Waals surface area contributed by atoms with E-state index >= 15 is 0 Å². The molecule has 1 aliphatic carbocycles. The van der Waals surface area contributed by atoms with Gasteiger partial charge >= 0.3 is 5.91 Å². The summed E-state index contributed by atoms with van der Waals surface area (Å²) in [7, 11) is 0. The highest BCUT2D eigenvalue weighted by Crippen LogP contribution is 2.35. The molecule has 0 atom stereocenters. The van der Waals surface area contributed by atoms with Crippen LogP contribution in [0, 0.1) is 17.2 Å². The number of anilines is 1. The van der Waals surface area contributed by atoms with Gasteiger partial charge in [0.05, 0.1) is 12.2 Å². The molecular weight excluding hydrogens is 332 g/mol. The average molecular weight is 358 g/mol. The number of carbonyl (C=O) groups is 1. The van der Waals surface area contributed by atoms with Gasteiger partial charge in [0.25, 0.3) is 0 Å². The molecule has 1 aliphatic rings. The minimum atomic E-state index is -0.545. The number of rotatable bonds is 6. The van der Waals surface area contributed by atoms with Crippen molar-refractivity contribution in [3.8, 4) is 6.07 Å². The quantitative estimate of drug-likeness (QED) is 0.619. The van der Waals surface area contributed by atoms with E-state index < -0.39 is 5.91 Å². The van der Waals surface area contributed by atoms with E-state index in [0.717, 1.165) is 28.8 Å². The lowest BCUT2D eigenvalue weighted by molar-refractivity contribution is -0.113. The number of hydrogen-bond donors (Lipinski definition) is 0. The van der Waals surface area contributed by atoms with Crippen molar-refractivity contribution >= 4 is 17.2 Å². The SMILES string of the molecule is C=C(CC1CCCCC1)c1ccccc1N(Cc1ccccc1)C(=O)C#N. The van der Waals surface area contributed by atoms with Crippen LogP contribution in [-0.4, -0.2) is 5.91 Å². The summed E-state index contributed by atoms with van der Waals surface area (Å²) in [6.07, 6.45) is 7.40. The van der Waals surface area contributed by atoms with Crippen molar-refractivity contribution in [3.05, 3.63) is 72.3 Å². The minimum Gasteiger partial charge on any atom is -0.295 e. The molecular formula is C24H26N2O. The zero-order chi connectivity index (χ0) is 19.1. The molecule has 2 aromatic rings. The second-order valence-corrected chi connectivity index (χ2v) is 7.32. The number of para-hydroxylation sites is 1. The number of nitrogens with zero attached hydrogens (tertiary/aromatic N) is 2. The van der Waals surface area contributed by atoms with Crippen LogP contribution in [0.5, 0.6) is 0 Å². The molecule has 0 saturated heterocycles. The van der Waals surface area contributed by atoms with E-state index in [1.807, 2.05) is 54.6 Å². The Labute approximate surface area is 161 Å². The number of benzene rings is 2. The van der Waals surface area contributed by atoms with Crippen LogP contribution in [-0.2, 0) is 11.3 Å². The highest BCUT2D eigenvalue weighted by atomic mass is 16.2. The summed E-state index contributed by atoms with van der Waals surface area (Å²) in [6, 6.07) is 19.4. The fourth-order valence-electron chi connectivity index (χ4n) is 3.95. The monoisotopic (exact) mass is 358 g/mol. The average Bonchev–Trinajstić information content (AvgIpc) is 2.73. The molecule has 3 heteroatoms. The van der Waals surface area contributed by atoms with Gasteiger partial charge in [-0.1, -0.05) is 87.2 Å². The first kappa shape index (κ1) is 18.9. The topological polar surface area (TPSA) is 44.1 Å². The van der Waals surface area contributed by atoms with Gasteiger partial charge in [0.1, 0.15) is 0 Å². The molecule has 1 amide bonds. The van der Waals surface area contributed by atoms with E-state index in [-0.39, 0.29) is 0 Å². The number of hydrogen-bond acceptors (Lipinski definition) is 2. The molecule has 0 bridgehead atoms. The van der Waals surface area contributed by atoms with Crippen LogP contribution in [0.4, 0.5) is 5.69 Å². The van der Waals surface area contributed by atoms with Crippen LogP contribution in [0.15, 0.2) is 61.2 Å². The summed E-state index contributed by atoms with van der Waals surface area (Å²) in [5, 5.41) is 9.27. The fourth-order valence-corrected chi connectivity index (χ4v) is 3.95. The zero-order valence-electron chi connectivity index (χ0n) is 15.7. The second-order valence-electron chi connectivity index (χ2n) is 7.32. The van der Waals surface area contributed by atoms with Gasteiger partial charge in [0.2, 0.25) is 0 Å². The van der Waals surface area contributed by atoms with Crippen LogP contribution < -0.4 is 4.90 Å². The summed E-state index contributed by atoms with van der Waals surface area (Å²) in [6.45, 7) is 4.71. The van der Waals surface area contributed by atoms with E-state index in [0.29, 0.717) is 12.5 Å². The van der Waals surface area contributed by atoms with Crippen LogP contribution in [0.1, 0.15) is 49.7 Å². The van der Waals surface area contributed by atoms with E-state index in [1.54, 1.807) is 11.0 Å². The van der Waals surface area contributed by atoms with Crippen molar-refractivity contribution in [2.75, 3.05) is 4.90 Å². The number of nitriles is 1. The molecule has 0 heterocycles. The summed E-state index contributed by atoms with van der Waals surface area (Å²) in [4.78, 5) is 14.0. The van der Waals surface area contributed by atoms with Crippen LogP contribution in [0.3, 0.4) is 0 Å². The lowest BCUT2D eigenvalue weighted by atomic mass is 9.83. The third-order valence-electron chi connectivity index (χ3n) is 5.36. The number of amides is 1. The molecule has 138 valence electrons. The highest BCUT2D eigenvalue weighted by Gasteiger charge is 2.21. The van der Waals surface area contributed by atoms with Crippen LogP contribution in [0.25, 0.3) is 5.57 Å². The summed E-state index contributed by atoms with van der Waals surface area (Å²) in [5.41, 5.74) is 3.80. The molecule has 3 rings (SSSR count). The van der Waals surface area contributed by atoms with Crippen LogP contribution >= 0.6 is 0 Å². The second kappa shape index (κ2) is 9.19. The molecule has 3 nitrogen and oxygen atoms in total. The van der Waals surface area contributed by atoms with Crippen molar-refractivity contribution in [2.24, 2.45) is 5.92 Å². The van der Waals surface area contributed by atoms with Crippen molar-refractivity contribution in [2.45, 2.75) is 45.1 Å². The van der Waals surface area contributed by atoms with Crippen molar-refractivity contribution in [1.82, 2.24) is 0 Å². The van der Waals surface area contributed by atoms with Gasteiger partial charge in [-0.3, -0.25) is 9.69 Å². The molecule has 1 fully saturated rings. The zero-order valence-corrected chi connectivity index (χ0v) is 15.7. The highest BCUT2D eigenvalue weighted by molar-refractivity contribution is 6.05. The molecule has 2 aromatic carbocycles. The van der Waals surface area contributed by atoms with E-state index in [1.165, 1.54) is 32.1 Å². The first-order valence-corrected chi connectivity index (χ1v) is 9.71. The van der Waals surface area contributed by atoms with E-state index in [4.69, 9.17) is 0 Å². The van der Waals surface area contributed by atoms with Gasteiger partial charge in [-0.25, -0.2) is 0 Å². The Morgan fingerprint density at radius 3 is 2.41 bits per heavy atom.